The van der Waals surface area contributed by atoms with Gasteiger partial charge in [-0.1, -0.05) is 37.3 Å². The summed E-state index contributed by atoms with van der Waals surface area (Å²) in [4.78, 5) is 36.0. The summed E-state index contributed by atoms with van der Waals surface area (Å²) >= 11 is 0. The molecule has 0 fully saturated rings. The van der Waals surface area contributed by atoms with Crippen LogP contribution >= 0.6 is 0 Å². The van der Waals surface area contributed by atoms with Gasteiger partial charge in [0.2, 0.25) is 0 Å². The van der Waals surface area contributed by atoms with Crippen LogP contribution in [0.5, 0.6) is 5.75 Å². The second kappa shape index (κ2) is 8.23. The van der Waals surface area contributed by atoms with E-state index in [1.54, 1.807) is 31.2 Å². The Kier molecular flexibility index (Phi) is 5.56. The van der Waals surface area contributed by atoms with E-state index in [2.05, 4.69) is 5.10 Å². The molecule has 6 heteroatoms. The fourth-order valence-electron chi connectivity index (χ4n) is 2.50. The molecule has 0 atom stereocenters. The van der Waals surface area contributed by atoms with E-state index in [4.69, 9.17) is 4.74 Å². The smallest absolute Gasteiger partial charge is 0.364 e. The molecule has 0 N–H and O–H groups in total. The Morgan fingerprint density at radius 2 is 1.67 bits per heavy atom. The van der Waals surface area contributed by atoms with Crippen molar-refractivity contribution in [2.75, 3.05) is 0 Å². The fourth-order valence-corrected chi connectivity index (χ4v) is 2.50. The van der Waals surface area contributed by atoms with Crippen LogP contribution in [0.3, 0.4) is 0 Å². The van der Waals surface area contributed by atoms with Gasteiger partial charge in [-0.3, -0.25) is 9.59 Å². The maximum Gasteiger partial charge on any atom is 0.364 e. The number of nitrogens with zero attached hydrogens (tertiary/aromatic N) is 2. The summed E-state index contributed by atoms with van der Waals surface area (Å²) in [6.45, 7) is 2.04. The van der Waals surface area contributed by atoms with Gasteiger partial charge in [0, 0.05) is 18.1 Å². The SMILES string of the molecule is CCC(=O)c1ccc(OC(=O)c2ccc(=O)n(Cc3ccccc3)n2)cc1. The lowest BCUT2D eigenvalue weighted by molar-refractivity contribution is 0.0725. The number of esters is 1. The highest BCUT2D eigenvalue weighted by atomic mass is 16.5. The molecule has 0 aliphatic carbocycles. The maximum absolute atomic E-state index is 12.3. The van der Waals surface area contributed by atoms with Gasteiger partial charge < -0.3 is 4.74 Å². The Morgan fingerprint density at radius 3 is 2.33 bits per heavy atom. The van der Waals surface area contributed by atoms with E-state index in [0.29, 0.717) is 17.7 Å². The lowest BCUT2D eigenvalue weighted by atomic mass is 10.1. The van der Waals surface area contributed by atoms with Crippen LogP contribution in [0.4, 0.5) is 0 Å². The minimum absolute atomic E-state index is 0.0162. The Morgan fingerprint density at radius 1 is 0.963 bits per heavy atom. The average molecular weight is 362 g/mol. The van der Waals surface area contributed by atoms with Crippen LogP contribution in [0.25, 0.3) is 0 Å². The van der Waals surface area contributed by atoms with Gasteiger partial charge in [0.15, 0.2) is 11.5 Å². The topological polar surface area (TPSA) is 78.3 Å². The van der Waals surface area contributed by atoms with Crippen molar-refractivity contribution in [3.63, 3.8) is 0 Å². The van der Waals surface area contributed by atoms with E-state index in [1.807, 2.05) is 30.3 Å². The zero-order valence-electron chi connectivity index (χ0n) is 14.8. The van der Waals surface area contributed by atoms with Gasteiger partial charge in [0.05, 0.1) is 6.54 Å². The molecular weight excluding hydrogens is 344 g/mol. The third-order valence-corrected chi connectivity index (χ3v) is 3.96. The summed E-state index contributed by atoms with van der Waals surface area (Å²) in [5.74, 6) is -0.357. The van der Waals surface area contributed by atoms with Crippen molar-refractivity contribution in [1.29, 1.82) is 0 Å². The quantitative estimate of drug-likeness (QED) is 0.382. The lowest BCUT2D eigenvalue weighted by Crippen LogP contribution is -2.26. The number of carbonyl (C=O) groups excluding carboxylic acids is 2. The summed E-state index contributed by atoms with van der Waals surface area (Å²) in [6.07, 6.45) is 0.409. The van der Waals surface area contributed by atoms with Crippen LogP contribution in [0, 0.1) is 0 Å². The Balaban J connectivity index is 1.76. The van der Waals surface area contributed by atoms with Gasteiger partial charge in [-0.15, -0.1) is 0 Å². The van der Waals surface area contributed by atoms with Crippen molar-refractivity contribution in [3.05, 3.63) is 93.9 Å². The van der Waals surface area contributed by atoms with E-state index in [0.717, 1.165) is 5.56 Å². The molecule has 0 unspecified atom stereocenters. The number of ether oxygens (including phenoxy) is 1. The van der Waals surface area contributed by atoms with E-state index < -0.39 is 5.97 Å². The predicted molar refractivity (Wildman–Crippen MR) is 100 cm³/mol. The lowest BCUT2D eigenvalue weighted by Gasteiger charge is -2.08. The first-order valence-electron chi connectivity index (χ1n) is 8.54. The Bertz CT molecular complexity index is 1010. The number of carbonyl (C=O) groups is 2. The fraction of sp³-hybridized carbons (Fsp3) is 0.143. The van der Waals surface area contributed by atoms with Crippen molar-refractivity contribution in [3.8, 4) is 5.75 Å². The normalized spacial score (nSPS) is 10.4. The number of benzene rings is 2. The van der Waals surface area contributed by atoms with Crippen LogP contribution in [0.2, 0.25) is 0 Å². The largest absolute Gasteiger partial charge is 0.422 e. The third kappa shape index (κ3) is 4.55. The van der Waals surface area contributed by atoms with Crippen molar-refractivity contribution in [2.24, 2.45) is 0 Å². The Hall–Kier alpha value is -3.54. The third-order valence-electron chi connectivity index (χ3n) is 3.96. The molecular formula is C21H18N2O4. The number of hydrogen-bond donors (Lipinski definition) is 0. The van der Waals surface area contributed by atoms with Gasteiger partial charge in [-0.25, -0.2) is 9.48 Å². The molecule has 0 radical (unpaired) electrons. The van der Waals surface area contributed by atoms with Crippen molar-refractivity contribution >= 4 is 11.8 Å². The van der Waals surface area contributed by atoms with Crippen molar-refractivity contribution in [2.45, 2.75) is 19.9 Å². The highest BCUT2D eigenvalue weighted by Gasteiger charge is 2.13. The monoisotopic (exact) mass is 362 g/mol. The Labute approximate surface area is 156 Å². The van der Waals surface area contributed by atoms with Gasteiger partial charge in [-0.2, -0.15) is 5.10 Å². The second-order valence-corrected chi connectivity index (χ2v) is 5.89. The number of rotatable bonds is 6. The van der Waals surface area contributed by atoms with E-state index in [9.17, 15) is 14.4 Å². The molecule has 0 bridgehead atoms. The van der Waals surface area contributed by atoms with E-state index in [1.165, 1.54) is 16.8 Å². The summed E-state index contributed by atoms with van der Waals surface area (Å²) in [6, 6.07) is 18.3. The van der Waals surface area contributed by atoms with Crippen LogP contribution in [-0.4, -0.2) is 21.5 Å². The van der Waals surface area contributed by atoms with E-state index >= 15 is 0 Å². The van der Waals surface area contributed by atoms with Crippen LogP contribution in [0.15, 0.2) is 71.5 Å². The van der Waals surface area contributed by atoms with Crippen LogP contribution < -0.4 is 10.3 Å². The minimum Gasteiger partial charge on any atom is -0.422 e. The number of aromatic nitrogens is 2. The van der Waals surface area contributed by atoms with E-state index in [-0.39, 0.29) is 23.6 Å². The van der Waals surface area contributed by atoms with Crippen molar-refractivity contribution in [1.82, 2.24) is 9.78 Å². The first-order chi connectivity index (χ1) is 13.1. The van der Waals surface area contributed by atoms with Gasteiger partial charge in [0.25, 0.3) is 5.56 Å². The first-order valence-corrected chi connectivity index (χ1v) is 8.54. The highest BCUT2D eigenvalue weighted by molar-refractivity contribution is 5.96. The molecule has 0 spiro atoms. The molecule has 1 heterocycles. The summed E-state index contributed by atoms with van der Waals surface area (Å²) in [5, 5.41) is 4.10. The highest BCUT2D eigenvalue weighted by Crippen LogP contribution is 2.15. The van der Waals surface area contributed by atoms with Crippen LogP contribution in [-0.2, 0) is 6.54 Å². The standard InChI is InChI=1S/C21H18N2O4/c1-2-19(24)16-8-10-17(11-9-16)27-21(26)18-12-13-20(25)23(22-18)14-15-6-4-3-5-7-15/h3-13H,2,14H2,1H3. The van der Waals surface area contributed by atoms with Crippen molar-refractivity contribution < 1.29 is 14.3 Å². The molecule has 3 aromatic rings. The maximum atomic E-state index is 12.3. The molecule has 27 heavy (non-hydrogen) atoms. The summed E-state index contributed by atoms with van der Waals surface area (Å²) < 4.78 is 6.50. The molecule has 2 aromatic carbocycles. The predicted octanol–water partition coefficient (Wildman–Crippen LogP) is 3.10. The molecule has 136 valence electrons. The van der Waals surface area contributed by atoms with Crippen LogP contribution in [0.1, 0.15) is 39.8 Å². The molecule has 3 rings (SSSR count). The summed E-state index contributed by atoms with van der Waals surface area (Å²) in [5.41, 5.74) is 1.18. The zero-order valence-corrected chi connectivity index (χ0v) is 14.8. The number of ketones is 1. The molecule has 6 nitrogen and oxygen atoms in total. The molecule has 1 aromatic heterocycles. The first kappa shape index (κ1) is 18.3. The zero-order chi connectivity index (χ0) is 19.2. The second-order valence-electron chi connectivity index (χ2n) is 5.89. The molecule has 0 saturated heterocycles. The molecule has 0 amide bonds. The van der Waals surface area contributed by atoms with Gasteiger partial charge in [0.1, 0.15) is 5.75 Å². The van der Waals surface area contributed by atoms with Gasteiger partial charge >= 0.3 is 5.97 Å². The molecule has 0 aliphatic heterocycles. The van der Waals surface area contributed by atoms with Gasteiger partial charge in [-0.05, 0) is 35.9 Å². The molecule has 0 aliphatic rings. The number of hydrogen-bond acceptors (Lipinski definition) is 5. The number of Topliss-reactive ketones (excluding diaryl/α,β-unsaturated/α-hetero) is 1. The average Bonchev–Trinajstić information content (AvgIpc) is 2.70. The summed E-state index contributed by atoms with van der Waals surface area (Å²) in [7, 11) is 0. The molecule has 0 saturated carbocycles. The minimum atomic E-state index is -0.675.